The van der Waals surface area contributed by atoms with Crippen molar-refractivity contribution in [1.29, 1.82) is 0 Å². The highest BCUT2D eigenvalue weighted by molar-refractivity contribution is 7.94. The number of carboxylic acid groups (broad SMARTS) is 1. The molecule has 0 atom stereocenters. The number of hydrogen-bond acceptors (Lipinski definition) is 3. The quantitative estimate of drug-likeness (QED) is 0.584. The van der Waals surface area contributed by atoms with Gasteiger partial charge in [-0.3, -0.25) is 0 Å². The molecule has 0 aliphatic carbocycles. The van der Waals surface area contributed by atoms with E-state index in [4.69, 9.17) is 5.11 Å². The van der Waals surface area contributed by atoms with Gasteiger partial charge in [-0.15, -0.1) is 0 Å². The van der Waals surface area contributed by atoms with Crippen molar-refractivity contribution in [2.75, 3.05) is 6.26 Å². The van der Waals surface area contributed by atoms with E-state index in [1.54, 1.807) is 0 Å². The first-order valence-electron chi connectivity index (χ1n) is 2.45. The highest BCUT2D eigenvalue weighted by Crippen LogP contribution is 2.00. The molecule has 0 spiro atoms. The van der Waals surface area contributed by atoms with E-state index < -0.39 is 15.8 Å². The zero-order valence-electron chi connectivity index (χ0n) is 5.66. The van der Waals surface area contributed by atoms with Crippen LogP contribution in [0.2, 0.25) is 0 Å². The Bertz CT molecular complexity index is 259. The topological polar surface area (TPSA) is 71.4 Å². The van der Waals surface area contributed by atoms with Crippen LogP contribution in [0, 0.1) is 0 Å². The molecule has 0 saturated carbocycles. The van der Waals surface area contributed by atoms with Gasteiger partial charge in [0.2, 0.25) is 0 Å². The zero-order valence-corrected chi connectivity index (χ0v) is 6.47. The maximum absolute atomic E-state index is 10.5. The van der Waals surface area contributed by atoms with Crippen molar-refractivity contribution >= 4 is 15.8 Å². The molecule has 0 aliphatic rings. The maximum Gasteiger partial charge on any atom is 0.329 e. The Labute approximate surface area is 59.1 Å². The van der Waals surface area contributed by atoms with Crippen molar-refractivity contribution in [3.63, 3.8) is 0 Å². The fraction of sp³-hybridized carbons (Fsp3) is 0.400. The summed E-state index contributed by atoms with van der Waals surface area (Å²) in [6.45, 7) is 1.24. The molecule has 0 aromatic carbocycles. The number of rotatable bonds is 2. The molecule has 0 bridgehead atoms. The van der Waals surface area contributed by atoms with Crippen LogP contribution < -0.4 is 0 Å². The van der Waals surface area contributed by atoms with E-state index in [0.29, 0.717) is 6.08 Å². The molecule has 0 rings (SSSR count). The van der Waals surface area contributed by atoms with Crippen LogP contribution in [0.1, 0.15) is 6.92 Å². The highest BCUT2D eigenvalue weighted by Gasteiger charge is 2.05. The Morgan fingerprint density at radius 3 is 2.00 bits per heavy atom. The van der Waals surface area contributed by atoms with E-state index in [0.717, 1.165) is 6.26 Å². The zero-order chi connectivity index (χ0) is 8.36. The summed E-state index contributed by atoms with van der Waals surface area (Å²) in [5.41, 5.74) is 0. The van der Waals surface area contributed by atoms with Crippen LogP contribution in [0.3, 0.4) is 0 Å². The fourth-order valence-corrected chi connectivity index (χ4v) is 0.596. The predicted molar refractivity (Wildman–Crippen MR) is 36.2 cm³/mol. The number of allylic oxidation sites excluding steroid dienone is 1. The largest absolute Gasteiger partial charge is 0.478 e. The summed E-state index contributed by atoms with van der Waals surface area (Å²) >= 11 is 0. The summed E-state index contributed by atoms with van der Waals surface area (Å²) in [6, 6.07) is 0. The second-order valence-corrected chi connectivity index (χ2v) is 4.05. The van der Waals surface area contributed by atoms with E-state index in [1.165, 1.54) is 6.92 Å². The Hall–Kier alpha value is -0.840. The van der Waals surface area contributed by atoms with Gasteiger partial charge in [-0.1, -0.05) is 0 Å². The van der Waals surface area contributed by atoms with Crippen LogP contribution in [0.5, 0.6) is 0 Å². The van der Waals surface area contributed by atoms with E-state index in [-0.39, 0.29) is 4.91 Å². The Morgan fingerprint density at radius 1 is 1.50 bits per heavy atom. The summed E-state index contributed by atoms with van der Waals surface area (Å²) < 4.78 is 21.1. The fourth-order valence-electron chi connectivity index (χ4n) is 0.281. The summed E-state index contributed by atoms with van der Waals surface area (Å²) in [4.78, 5) is 9.78. The van der Waals surface area contributed by atoms with E-state index >= 15 is 0 Å². The van der Waals surface area contributed by atoms with Crippen LogP contribution in [-0.4, -0.2) is 25.7 Å². The third-order valence-electron chi connectivity index (χ3n) is 0.912. The standard InChI is InChI=1S/C5H8O4S/c1-4(3-5(6)7)10(2,8)9/h3H,1-2H3,(H,6,7)/b4-3-. The second-order valence-electron chi connectivity index (χ2n) is 1.87. The minimum absolute atomic E-state index is 0.139. The monoisotopic (exact) mass is 164 g/mol. The van der Waals surface area contributed by atoms with Gasteiger partial charge in [-0.2, -0.15) is 0 Å². The van der Waals surface area contributed by atoms with Crippen molar-refractivity contribution < 1.29 is 18.3 Å². The first-order chi connectivity index (χ1) is 4.34. The SMILES string of the molecule is C/C(=C/C(=O)O)S(C)(=O)=O. The Balaban J connectivity index is 4.70. The minimum Gasteiger partial charge on any atom is -0.478 e. The summed E-state index contributed by atoms with van der Waals surface area (Å²) in [5, 5.41) is 8.11. The first-order valence-corrected chi connectivity index (χ1v) is 4.34. The molecule has 0 fully saturated rings. The van der Waals surface area contributed by atoms with Crippen LogP contribution in [0.15, 0.2) is 11.0 Å². The van der Waals surface area contributed by atoms with Gasteiger partial charge >= 0.3 is 5.97 Å². The van der Waals surface area contributed by atoms with Gasteiger partial charge in [-0.05, 0) is 6.92 Å². The van der Waals surface area contributed by atoms with Gasteiger partial charge in [0.15, 0.2) is 9.84 Å². The number of carboxylic acids is 1. The molecule has 1 N–H and O–H groups in total. The molecule has 0 saturated heterocycles. The molecule has 0 aromatic heterocycles. The molecule has 0 radical (unpaired) electrons. The van der Waals surface area contributed by atoms with Crippen LogP contribution in [0.4, 0.5) is 0 Å². The number of carbonyl (C=O) groups is 1. The lowest BCUT2D eigenvalue weighted by atomic mass is 10.5. The molecule has 0 amide bonds. The van der Waals surface area contributed by atoms with Crippen LogP contribution >= 0.6 is 0 Å². The minimum atomic E-state index is -3.32. The van der Waals surface area contributed by atoms with Gasteiger partial charge in [0.1, 0.15) is 0 Å². The van der Waals surface area contributed by atoms with Crippen LogP contribution in [-0.2, 0) is 14.6 Å². The third-order valence-corrected chi connectivity index (χ3v) is 2.20. The lowest BCUT2D eigenvalue weighted by Gasteiger charge is -1.92. The molecule has 4 nitrogen and oxygen atoms in total. The average molecular weight is 164 g/mol. The number of sulfone groups is 1. The van der Waals surface area contributed by atoms with E-state index in [2.05, 4.69) is 0 Å². The van der Waals surface area contributed by atoms with Gasteiger partial charge in [0.25, 0.3) is 0 Å². The van der Waals surface area contributed by atoms with Gasteiger partial charge in [-0.25, -0.2) is 13.2 Å². The molecular formula is C5H8O4S. The normalized spacial score (nSPS) is 13.2. The van der Waals surface area contributed by atoms with Crippen molar-refractivity contribution in [3.05, 3.63) is 11.0 Å². The summed E-state index contributed by atoms with van der Waals surface area (Å²) in [7, 11) is -3.32. The van der Waals surface area contributed by atoms with Crippen molar-refractivity contribution in [3.8, 4) is 0 Å². The average Bonchev–Trinajstić information content (AvgIpc) is 1.60. The first kappa shape index (κ1) is 9.16. The Morgan fingerprint density at radius 2 is 1.90 bits per heavy atom. The van der Waals surface area contributed by atoms with Crippen molar-refractivity contribution in [2.24, 2.45) is 0 Å². The van der Waals surface area contributed by atoms with Gasteiger partial charge in [0.05, 0.1) is 0 Å². The molecule has 10 heavy (non-hydrogen) atoms. The van der Waals surface area contributed by atoms with E-state index in [1.807, 2.05) is 0 Å². The van der Waals surface area contributed by atoms with Crippen molar-refractivity contribution in [1.82, 2.24) is 0 Å². The van der Waals surface area contributed by atoms with E-state index in [9.17, 15) is 13.2 Å². The summed E-state index contributed by atoms with van der Waals surface area (Å²) in [5.74, 6) is -1.25. The highest BCUT2D eigenvalue weighted by atomic mass is 32.2. The maximum atomic E-state index is 10.5. The molecule has 5 heteroatoms. The molecule has 0 unspecified atom stereocenters. The van der Waals surface area contributed by atoms with Gasteiger partial charge < -0.3 is 5.11 Å². The molecule has 0 aromatic rings. The smallest absolute Gasteiger partial charge is 0.329 e. The molecule has 0 aliphatic heterocycles. The lowest BCUT2D eigenvalue weighted by Crippen LogP contribution is -2.00. The summed E-state index contributed by atoms with van der Waals surface area (Å²) in [6.07, 6.45) is 1.62. The van der Waals surface area contributed by atoms with Gasteiger partial charge in [0, 0.05) is 17.2 Å². The number of hydrogen-bond donors (Lipinski definition) is 1. The molecular weight excluding hydrogens is 156 g/mol. The Kier molecular flexibility index (Phi) is 2.59. The second kappa shape index (κ2) is 2.83. The molecule has 58 valence electrons. The molecule has 0 heterocycles. The lowest BCUT2D eigenvalue weighted by molar-refractivity contribution is -0.131. The predicted octanol–water partition coefficient (Wildman–Crippen LogP) is 0.0194. The van der Waals surface area contributed by atoms with Crippen LogP contribution in [0.25, 0.3) is 0 Å². The third kappa shape index (κ3) is 3.24. The number of aliphatic carboxylic acids is 1. The van der Waals surface area contributed by atoms with Crippen molar-refractivity contribution in [2.45, 2.75) is 6.92 Å².